The summed E-state index contributed by atoms with van der Waals surface area (Å²) in [5.74, 6) is -1.80. The molecule has 0 aliphatic heterocycles. The zero-order valence-electron chi connectivity index (χ0n) is 16.6. The summed E-state index contributed by atoms with van der Waals surface area (Å²) in [7, 11) is -3.94. The minimum absolute atomic E-state index is 0.0117. The highest BCUT2D eigenvalue weighted by molar-refractivity contribution is 7.89. The van der Waals surface area contributed by atoms with Crippen molar-refractivity contribution >= 4 is 44.1 Å². The van der Waals surface area contributed by atoms with Gasteiger partial charge in [-0.1, -0.05) is 42.5 Å². The molecule has 3 aromatic carbocycles. The summed E-state index contributed by atoms with van der Waals surface area (Å²) in [5.41, 5.74) is 0.623. The molecule has 8 nitrogen and oxygen atoms in total. The molecule has 0 radical (unpaired) electrons. The van der Waals surface area contributed by atoms with Gasteiger partial charge in [-0.15, -0.1) is 0 Å². The number of Topliss-reactive ketones (excluding diaryl/α,β-unsaturated/α-hetero) is 1. The number of carbonyl (C=O) groups excluding carboxylic acids is 3. The first-order chi connectivity index (χ1) is 14.8. The minimum Gasteiger partial charge on any atom is -0.455 e. The number of anilines is 1. The molecule has 0 aliphatic rings. The second-order valence-corrected chi connectivity index (χ2v) is 8.41. The molecule has 3 rings (SSSR count). The van der Waals surface area contributed by atoms with E-state index in [4.69, 9.17) is 4.74 Å². The third-order valence-electron chi connectivity index (χ3n) is 4.38. The van der Waals surface area contributed by atoms with Crippen LogP contribution >= 0.6 is 0 Å². The molecule has 0 atom stereocenters. The Balaban J connectivity index is 1.53. The van der Waals surface area contributed by atoms with Gasteiger partial charge in [0.15, 0.2) is 12.4 Å². The Morgan fingerprint density at radius 2 is 1.58 bits per heavy atom. The highest BCUT2D eigenvalue weighted by Crippen LogP contribution is 2.19. The fraction of sp³-hybridized carbons (Fsp3) is 0.136. The Kier molecular flexibility index (Phi) is 6.78. The average Bonchev–Trinajstić information content (AvgIpc) is 2.76. The van der Waals surface area contributed by atoms with Crippen molar-refractivity contribution < 1.29 is 27.5 Å². The van der Waals surface area contributed by atoms with Gasteiger partial charge in [0.2, 0.25) is 10.0 Å². The van der Waals surface area contributed by atoms with Gasteiger partial charge in [0, 0.05) is 5.56 Å². The number of ether oxygens (including phenoxy) is 1. The molecular formula is C22H20N2O6S. The molecule has 9 heteroatoms. The SMILES string of the molecule is CC(=O)c1ccccc1NC(=O)COC(=O)CNS(=O)(=O)c1ccc2ccccc2c1. The van der Waals surface area contributed by atoms with Crippen LogP contribution in [0.2, 0.25) is 0 Å². The maximum absolute atomic E-state index is 12.4. The van der Waals surface area contributed by atoms with Gasteiger partial charge in [-0.2, -0.15) is 4.72 Å². The zero-order chi connectivity index (χ0) is 22.4. The molecular weight excluding hydrogens is 420 g/mol. The molecule has 2 N–H and O–H groups in total. The number of carbonyl (C=O) groups is 3. The molecule has 0 saturated heterocycles. The van der Waals surface area contributed by atoms with Crippen molar-refractivity contribution in [2.75, 3.05) is 18.5 Å². The van der Waals surface area contributed by atoms with Crippen molar-refractivity contribution in [1.82, 2.24) is 4.72 Å². The molecule has 0 unspecified atom stereocenters. The number of para-hydroxylation sites is 1. The summed E-state index contributed by atoms with van der Waals surface area (Å²) in [4.78, 5) is 35.5. The van der Waals surface area contributed by atoms with Gasteiger partial charge < -0.3 is 10.1 Å². The lowest BCUT2D eigenvalue weighted by atomic mass is 10.1. The summed E-state index contributed by atoms with van der Waals surface area (Å²) in [6.07, 6.45) is 0. The second-order valence-electron chi connectivity index (χ2n) is 6.64. The van der Waals surface area contributed by atoms with Crippen LogP contribution in [0.15, 0.2) is 71.6 Å². The molecule has 31 heavy (non-hydrogen) atoms. The molecule has 0 aromatic heterocycles. The zero-order valence-corrected chi connectivity index (χ0v) is 17.4. The lowest BCUT2D eigenvalue weighted by Gasteiger charge is -2.10. The monoisotopic (exact) mass is 440 g/mol. The highest BCUT2D eigenvalue weighted by Gasteiger charge is 2.17. The van der Waals surface area contributed by atoms with Crippen molar-refractivity contribution in [2.24, 2.45) is 0 Å². The first kappa shape index (κ1) is 22.1. The van der Waals surface area contributed by atoms with Crippen molar-refractivity contribution in [3.63, 3.8) is 0 Å². The van der Waals surface area contributed by atoms with Gasteiger partial charge >= 0.3 is 5.97 Å². The van der Waals surface area contributed by atoms with Crippen LogP contribution in [0, 0.1) is 0 Å². The third kappa shape index (κ3) is 5.74. The summed E-state index contributed by atoms with van der Waals surface area (Å²) < 4.78 is 31.8. The van der Waals surface area contributed by atoms with Crippen LogP contribution in [0.3, 0.4) is 0 Å². The first-order valence-electron chi connectivity index (χ1n) is 9.30. The fourth-order valence-electron chi connectivity index (χ4n) is 2.85. The number of fused-ring (bicyclic) bond motifs is 1. The lowest BCUT2D eigenvalue weighted by molar-refractivity contribution is -0.146. The molecule has 0 spiro atoms. The van der Waals surface area contributed by atoms with Crippen LogP contribution in [0.4, 0.5) is 5.69 Å². The minimum atomic E-state index is -3.94. The van der Waals surface area contributed by atoms with Crippen molar-refractivity contribution in [1.29, 1.82) is 0 Å². The van der Waals surface area contributed by atoms with E-state index >= 15 is 0 Å². The maximum atomic E-state index is 12.4. The maximum Gasteiger partial charge on any atom is 0.321 e. The Labute approximate surface area is 179 Å². The number of nitrogens with one attached hydrogen (secondary N) is 2. The summed E-state index contributed by atoms with van der Waals surface area (Å²) >= 11 is 0. The number of sulfonamides is 1. The van der Waals surface area contributed by atoms with Crippen LogP contribution in [0.1, 0.15) is 17.3 Å². The average molecular weight is 440 g/mol. The Hall–Kier alpha value is -3.56. The standard InChI is InChI=1S/C22H20N2O6S/c1-15(25)19-8-4-5-9-20(19)24-21(26)14-30-22(27)13-23-31(28,29)18-11-10-16-6-2-3-7-17(16)12-18/h2-12,23H,13-14H2,1H3,(H,24,26). The van der Waals surface area contributed by atoms with Crippen molar-refractivity contribution in [3.8, 4) is 0 Å². The smallest absolute Gasteiger partial charge is 0.321 e. The number of amides is 1. The Bertz CT molecular complexity index is 1250. The fourth-order valence-corrected chi connectivity index (χ4v) is 3.86. The molecule has 0 fully saturated rings. The summed E-state index contributed by atoms with van der Waals surface area (Å²) in [6.45, 7) is 0.113. The number of rotatable bonds is 8. The van der Waals surface area contributed by atoms with E-state index in [9.17, 15) is 22.8 Å². The van der Waals surface area contributed by atoms with E-state index in [0.717, 1.165) is 10.8 Å². The first-order valence-corrected chi connectivity index (χ1v) is 10.8. The van der Waals surface area contributed by atoms with Crippen LogP contribution in [0.5, 0.6) is 0 Å². The van der Waals surface area contributed by atoms with Crippen LogP contribution in [-0.4, -0.2) is 39.2 Å². The van der Waals surface area contributed by atoms with Gasteiger partial charge in [0.25, 0.3) is 5.91 Å². The highest BCUT2D eigenvalue weighted by atomic mass is 32.2. The van der Waals surface area contributed by atoms with E-state index in [2.05, 4.69) is 10.0 Å². The van der Waals surface area contributed by atoms with E-state index in [0.29, 0.717) is 11.3 Å². The van der Waals surface area contributed by atoms with Gasteiger partial charge in [-0.05, 0) is 42.0 Å². The lowest BCUT2D eigenvalue weighted by Crippen LogP contribution is -2.32. The summed E-state index contributed by atoms with van der Waals surface area (Å²) in [5, 5.41) is 4.12. The third-order valence-corrected chi connectivity index (χ3v) is 5.78. The Morgan fingerprint density at radius 3 is 2.32 bits per heavy atom. The molecule has 0 aliphatic carbocycles. The molecule has 1 amide bonds. The quantitative estimate of drug-likeness (QED) is 0.410. The molecule has 0 bridgehead atoms. The molecule has 3 aromatic rings. The second kappa shape index (κ2) is 9.50. The normalized spacial score (nSPS) is 11.1. The van der Waals surface area contributed by atoms with E-state index in [1.807, 2.05) is 12.1 Å². The van der Waals surface area contributed by atoms with Gasteiger partial charge in [0.1, 0.15) is 6.54 Å². The van der Waals surface area contributed by atoms with E-state index in [1.54, 1.807) is 42.5 Å². The summed E-state index contributed by atoms with van der Waals surface area (Å²) in [6, 6.07) is 18.3. The molecule has 160 valence electrons. The molecule has 0 heterocycles. The van der Waals surface area contributed by atoms with Gasteiger partial charge in [0.05, 0.1) is 10.6 Å². The van der Waals surface area contributed by atoms with Crippen molar-refractivity contribution in [3.05, 3.63) is 72.3 Å². The van der Waals surface area contributed by atoms with E-state index in [-0.39, 0.29) is 10.7 Å². The predicted octanol–water partition coefficient (Wildman–Crippen LogP) is 2.50. The molecule has 0 saturated carbocycles. The van der Waals surface area contributed by atoms with E-state index < -0.39 is 35.1 Å². The topological polar surface area (TPSA) is 119 Å². The van der Waals surface area contributed by atoms with Gasteiger partial charge in [-0.25, -0.2) is 8.42 Å². The Morgan fingerprint density at radius 1 is 0.903 bits per heavy atom. The van der Waals surface area contributed by atoms with Crippen molar-refractivity contribution in [2.45, 2.75) is 11.8 Å². The number of hydrogen-bond donors (Lipinski definition) is 2. The predicted molar refractivity (Wildman–Crippen MR) is 115 cm³/mol. The number of hydrogen-bond acceptors (Lipinski definition) is 6. The van der Waals surface area contributed by atoms with Crippen LogP contribution < -0.4 is 10.0 Å². The number of benzene rings is 3. The number of esters is 1. The van der Waals surface area contributed by atoms with E-state index in [1.165, 1.54) is 19.1 Å². The van der Waals surface area contributed by atoms with Gasteiger partial charge in [-0.3, -0.25) is 14.4 Å². The van der Waals surface area contributed by atoms with Crippen LogP contribution in [0.25, 0.3) is 10.8 Å². The van der Waals surface area contributed by atoms with Crippen LogP contribution in [-0.2, 0) is 24.3 Å². The largest absolute Gasteiger partial charge is 0.455 e. The number of ketones is 1.